The predicted octanol–water partition coefficient (Wildman–Crippen LogP) is 0.259. The Labute approximate surface area is 64.4 Å². The van der Waals surface area contributed by atoms with Crippen molar-refractivity contribution in [1.82, 2.24) is 0 Å². The van der Waals surface area contributed by atoms with Gasteiger partial charge >= 0.3 is 5.91 Å². The number of carbonyl (C=O) groups excluding carboxylic acids is 2. The van der Waals surface area contributed by atoms with Crippen molar-refractivity contribution in [3.05, 3.63) is 17.4 Å². The van der Waals surface area contributed by atoms with Crippen molar-refractivity contribution in [2.45, 2.75) is 13.8 Å². The molecule has 0 radical (unpaired) electrons. The SMILES string of the molecule is C=C(C)C(=O)C(=O)/[N+]([O-])=C\C. The second kappa shape index (κ2) is 3.65. The van der Waals surface area contributed by atoms with Gasteiger partial charge in [0.15, 0.2) is 6.21 Å². The molecule has 0 aromatic rings. The van der Waals surface area contributed by atoms with Gasteiger partial charge in [-0.2, -0.15) is 0 Å². The Morgan fingerprint density at radius 1 is 1.55 bits per heavy atom. The highest BCUT2D eigenvalue weighted by molar-refractivity contribution is 6.39. The maximum Gasteiger partial charge on any atom is 0.470 e. The van der Waals surface area contributed by atoms with E-state index in [-0.39, 0.29) is 10.3 Å². The number of hydroxylamine groups is 1. The number of nitrogens with zero attached hydrogens (tertiary/aromatic N) is 1. The quantitative estimate of drug-likeness (QED) is 0.143. The maximum absolute atomic E-state index is 10.7. The summed E-state index contributed by atoms with van der Waals surface area (Å²) in [7, 11) is 0. The van der Waals surface area contributed by atoms with Crippen LogP contribution in [0.1, 0.15) is 13.8 Å². The summed E-state index contributed by atoms with van der Waals surface area (Å²) in [6.45, 7) is 5.99. The highest BCUT2D eigenvalue weighted by Gasteiger charge is 2.21. The minimum absolute atomic E-state index is 0.0169. The molecule has 0 aliphatic carbocycles. The molecule has 0 saturated carbocycles. The van der Waals surface area contributed by atoms with Gasteiger partial charge in [-0.3, -0.25) is 4.79 Å². The molecule has 0 rings (SSSR count). The molecular formula is C7H9NO3. The van der Waals surface area contributed by atoms with Crippen LogP contribution in [0.25, 0.3) is 0 Å². The van der Waals surface area contributed by atoms with Crippen LogP contribution < -0.4 is 0 Å². The van der Waals surface area contributed by atoms with Crippen molar-refractivity contribution < 1.29 is 14.3 Å². The van der Waals surface area contributed by atoms with Crippen LogP contribution in [-0.4, -0.2) is 22.6 Å². The van der Waals surface area contributed by atoms with E-state index in [0.717, 1.165) is 6.21 Å². The fraction of sp³-hybridized carbons (Fsp3) is 0.286. The van der Waals surface area contributed by atoms with E-state index in [1.54, 1.807) is 0 Å². The van der Waals surface area contributed by atoms with Gasteiger partial charge in [0, 0.05) is 12.5 Å². The highest BCUT2D eigenvalue weighted by Crippen LogP contribution is 1.91. The average Bonchev–Trinajstić information content (AvgIpc) is 2.00. The number of ketones is 1. The number of rotatable bonds is 2. The smallest absolute Gasteiger partial charge is 0.470 e. The van der Waals surface area contributed by atoms with Crippen molar-refractivity contribution in [2.75, 3.05) is 0 Å². The zero-order valence-corrected chi connectivity index (χ0v) is 6.46. The van der Waals surface area contributed by atoms with E-state index in [9.17, 15) is 14.8 Å². The van der Waals surface area contributed by atoms with Crippen LogP contribution in [0.5, 0.6) is 0 Å². The molecular weight excluding hydrogens is 146 g/mol. The molecule has 0 fully saturated rings. The molecule has 0 aromatic heterocycles. The zero-order chi connectivity index (χ0) is 9.02. The van der Waals surface area contributed by atoms with E-state index in [1.165, 1.54) is 13.8 Å². The van der Waals surface area contributed by atoms with Crippen LogP contribution >= 0.6 is 0 Å². The first-order chi connectivity index (χ1) is 5.00. The Morgan fingerprint density at radius 2 is 2.00 bits per heavy atom. The van der Waals surface area contributed by atoms with Crippen molar-refractivity contribution in [3.8, 4) is 0 Å². The van der Waals surface area contributed by atoms with E-state index in [4.69, 9.17) is 0 Å². The lowest BCUT2D eigenvalue weighted by Gasteiger charge is -1.97. The maximum atomic E-state index is 10.7. The van der Waals surface area contributed by atoms with Crippen molar-refractivity contribution in [1.29, 1.82) is 0 Å². The molecule has 1 amide bonds. The van der Waals surface area contributed by atoms with Gasteiger partial charge in [-0.1, -0.05) is 6.58 Å². The predicted molar refractivity (Wildman–Crippen MR) is 40.2 cm³/mol. The molecule has 0 aromatic carbocycles. The monoisotopic (exact) mass is 155 g/mol. The first-order valence-corrected chi connectivity index (χ1v) is 3.00. The van der Waals surface area contributed by atoms with Gasteiger partial charge in [0.05, 0.1) is 0 Å². The minimum Gasteiger partial charge on any atom is -0.616 e. The molecule has 0 atom stereocenters. The molecule has 4 nitrogen and oxygen atoms in total. The number of Topliss-reactive ketones (excluding diaryl/α,β-unsaturated/α-hetero) is 1. The lowest BCUT2D eigenvalue weighted by atomic mass is 10.2. The van der Waals surface area contributed by atoms with Gasteiger partial charge in [-0.05, 0) is 6.92 Å². The summed E-state index contributed by atoms with van der Waals surface area (Å²) in [5.74, 6) is -1.95. The number of hydrogen-bond donors (Lipinski definition) is 0. The standard InChI is InChI=1S/C7H9NO3/c1-4-8(11)7(10)6(9)5(2)3/h4H,2H2,1,3H3/b8-4+. The number of carbonyl (C=O) groups is 2. The lowest BCUT2D eigenvalue weighted by Crippen LogP contribution is -2.25. The van der Waals surface area contributed by atoms with Crippen LogP contribution in [0.4, 0.5) is 0 Å². The van der Waals surface area contributed by atoms with Crippen LogP contribution in [-0.2, 0) is 9.59 Å². The molecule has 60 valence electrons. The first-order valence-electron chi connectivity index (χ1n) is 3.00. The fourth-order valence-corrected chi connectivity index (χ4v) is 0.400. The van der Waals surface area contributed by atoms with Gasteiger partial charge in [0.1, 0.15) is 0 Å². The minimum atomic E-state index is -1.10. The highest BCUT2D eigenvalue weighted by atomic mass is 16.5. The molecule has 0 bridgehead atoms. The summed E-state index contributed by atoms with van der Waals surface area (Å²) in [5.41, 5.74) is 0.0673. The van der Waals surface area contributed by atoms with Crippen molar-refractivity contribution in [2.24, 2.45) is 0 Å². The third kappa shape index (κ3) is 2.33. The third-order valence-corrected chi connectivity index (χ3v) is 1.02. The Hall–Kier alpha value is -1.45. The van der Waals surface area contributed by atoms with E-state index < -0.39 is 11.7 Å². The summed E-state index contributed by atoms with van der Waals surface area (Å²) in [6, 6.07) is 0. The molecule has 0 N–H and O–H groups in total. The zero-order valence-electron chi connectivity index (χ0n) is 6.46. The van der Waals surface area contributed by atoms with Crippen LogP contribution in [0.3, 0.4) is 0 Å². The molecule has 0 aliphatic rings. The van der Waals surface area contributed by atoms with Gasteiger partial charge in [-0.25, -0.2) is 4.79 Å². The molecule has 0 heterocycles. The average molecular weight is 155 g/mol. The van der Waals surface area contributed by atoms with E-state index in [2.05, 4.69) is 6.58 Å². The summed E-state index contributed by atoms with van der Waals surface area (Å²) < 4.78 is -0.0169. The second-order valence-corrected chi connectivity index (χ2v) is 2.00. The van der Waals surface area contributed by atoms with E-state index in [0.29, 0.717) is 0 Å². The summed E-state index contributed by atoms with van der Waals surface area (Å²) in [4.78, 5) is 21.4. The van der Waals surface area contributed by atoms with Crippen molar-refractivity contribution in [3.63, 3.8) is 0 Å². The largest absolute Gasteiger partial charge is 0.616 e. The number of amides is 1. The summed E-state index contributed by atoms with van der Waals surface area (Å²) in [5, 5.41) is 10.5. The second-order valence-electron chi connectivity index (χ2n) is 2.00. The molecule has 4 heteroatoms. The van der Waals surface area contributed by atoms with Gasteiger partial charge < -0.3 is 5.21 Å². The first kappa shape index (κ1) is 9.55. The Kier molecular flexibility index (Phi) is 3.17. The normalized spacial score (nSPS) is 10.9. The van der Waals surface area contributed by atoms with Gasteiger partial charge in [0.2, 0.25) is 0 Å². The molecule has 0 aliphatic heterocycles. The van der Waals surface area contributed by atoms with Crippen LogP contribution in [0.15, 0.2) is 12.2 Å². The summed E-state index contributed by atoms with van der Waals surface area (Å²) >= 11 is 0. The van der Waals surface area contributed by atoms with Crippen LogP contribution in [0.2, 0.25) is 0 Å². The third-order valence-electron chi connectivity index (χ3n) is 1.02. The molecule has 0 spiro atoms. The summed E-state index contributed by atoms with van der Waals surface area (Å²) in [6.07, 6.45) is 0.975. The Morgan fingerprint density at radius 3 is 2.27 bits per heavy atom. The fourth-order valence-electron chi connectivity index (χ4n) is 0.400. The molecule has 11 heavy (non-hydrogen) atoms. The van der Waals surface area contributed by atoms with Gasteiger partial charge in [-0.15, -0.1) is 4.74 Å². The van der Waals surface area contributed by atoms with Crippen LogP contribution in [0, 0.1) is 5.21 Å². The Bertz CT molecular complexity index is 240. The van der Waals surface area contributed by atoms with Crippen molar-refractivity contribution >= 4 is 17.9 Å². The topological polar surface area (TPSA) is 60.2 Å². The molecule has 0 saturated heterocycles. The van der Waals surface area contributed by atoms with E-state index in [1.807, 2.05) is 0 Å². The van der Waals surface area contributed by atoms with E-state index >= 15 is 0 Å². The van der Waals surface area contributed by atoms with Gasteiger partial charge in [0.25, 0.3) is 5.78 Å². The molecule has 0 unspecified atom stereocenters. The Balaban J connectivity index is 4.52. The lowest BCUT2D eigenvalue weighted by molar-refractivity contribution is -0.371. The number of hydrogen-bond acceptors (Lipinski definition) is 3.